The number of nitrogens with one attached hydrogen (secondary N) is 1. The van der Waals surface area contributed by atoms with Crippen molar-refractivity contribution in [2.45, 2.75) is 65.5 Å². The lowest BCUT2D eigenvalue weighted by atomic mass is 9.83. The lowest BCUT2D eigenvalue weighted by Crippen LogP contribution is -2.30. The topological polar surface area (TPSA) is 148 Å². The fourth-order valence-corrected chi connectivity index (χ4v) is 6.32. The standard InChI is InChI=1S/C37H42FN7O3/c1-23(36(46)47)17-24-7-6-8-25(18-24)33-9-4-5-13-37(2,3)34(39)22-44(40)21-28-27-11-15-41-31(27)20-29(38)35(28)48-26-10-14-42-32(19-26)30-12-16-45(33)43-30/h6-8,10-12,14-16,18-20,22-23,33,41H,4-5,9,13,17,21,39-40H2,1-3H3,(H,46,47)/b34-22-. The number of nitrogens with two attached hydrogens (primary N) is 2. The Morgan fingerprint density at radius 2 is 2.00 bits per heavy atom. The van der Waals surface area contributed by atoms with E-state index < -0.39 is 17.7 Å². The third kappa shape index (κ3) is 7.06. The van der Waals surface area contributed by atoms with E-state index >= 15 is 4.39 Å². The van der Waals surface area contributed by atoms with Crippen LogP contribution < -0.4 is 16.3 Å². The molecule has 0 saturated carbocycles. The highest BCUT2D eigenvalue weighted by Gasteiger charge is 2.25. The average molecular weight is 652 g/mol. The van der Waals surface area contributed by atoms with E-state index in [2.05, 4.69) is 35.9 Å². The summed E-state index contributed by atoms with van der Waals surface area (Å²) < 4.78 is 23.9. The van der Waals surface area contributed by atoms with Crippen molar-refractivity contribution in [3.8, 4) is 22.9 Å². The van der Waals surface area contributed by atoms with Crippen molar-refractivity contribution in [2.24, 2.45) is 22.9 Å². The highest BCUT2D eigenvalue weighted by atomic mass is 19.1. The molecule has 4 heterocycles. The number of pyridine rings is 1. The van der Waals surface area contributed by atoms with Crippen LogP contribution in [0.4, 0.5) is 4.39 Å². The number of nitrogens with zero attached hydrogens (tertiary/aromatic N) is 4. The molecule has 3 aromatic heterocycles. The Kier molecular flexibility index (Phi) is 9.23. The Labute approximate surface area is 279 Å². The molecule has 1 aliphatic rings. The predicted molar refractivity (Wildman–Crippen MR) is 183 cm³/mol. The van der Waals surface area contributed by atoms with Gasteiger partial charge in [0, 0.05) is 64.5 Å². The zero-order chi connectivity index (χ0) is 34.0. The van der Waals surface area contributed by atoms with Gasteiger partial charge in [0.05, 0.1) is 24.2 Å². The number of H-pyrrole nitrogens is 1. The number of carbonyl (C=O) groups is 1. The minimum Gasteiger partial charge on any atom is -0.481 e. The summed E-state index contributed by atoms with van der Waals surface area (Å²) in [6, 6.07) is 16.6. The molecule has 0 fully saturated rings. The maximum atomic E-state index is 15.7. The second-order valence-electron chi connectivity index (χ2n) is 13.4. The maximum absolute atomic E-state index is 15.7. The van der Waals surface area contributed by atoms with Gasteiger partial charge in [0.25, 0.3) is 0 Å². The Bertz CT molecular complexity index is 1960. The largest absolute Gasteiger partial charge is 0.481 e. The fourth-order valence-electron chi connectivity index (χ4n) is 6.32. The van der Waals surface area contributed by atoms with E-state index in [1.807, 2.05) is 35.1 Å². The number of aromatic nitrogens is 4. The van der Waals surface area contributed by atoms with Gasteiger partial charge >= 0.3 is 5.97 Å². The zero-order valence-electron chi connectivity index (χ0n) is 27.5. The van der Waals surface area contributed by atoms with Crippen molar-refractivity contribution in [3.05, 3.63) is 108 Å². The van der Waals surface area contributed by atoms with Crippen molar-refractivity contribution in [1.29, 1.82) is 0 Å². The molecule has 0 spiro atoms. The zero-order valence-corrected chi connectivity index (χ0v) is 27.5. The van der Waals surface area contributed by atoms with Gasteiger partial charge in [-0.15, -0.1) is 0 Å². The van der Waals surface area contributed by atoms with Gasteiger partial charge in [-0.1, -0.05) is 57.9 Å². The van der Waals surface area contributed by atoms with E-state index in [1.165, 1.54) is 11.1 Å². The Morgan fingerprint density at radius 1 is 1.17 bits per heavy atom. The molecule has 4 bridgehead atoms. The van der Waals surface area contributed by atoms with Crippen LogP contribution >= 0.6 is 0 Å². The van der Waals surface area contributed by atoms with Crippen molar-refractivity contribution in [2.75, 3.05) is 0 Å². The molecule has 2 aromatic carbocycles. The average Bonchev–Trinajstić information content (AvgIpc) is 3.73. The van der Waals surface area contributed by atoms with Crippen LogP contribution in [0.2, 0.25) is 0 Å². The van der Waals surface area contributed by atoms with Gasteiger partial charge in [0.2, 0.25) is 0 Å². The van der Waals surface area contributed by atoms with Gasteiger partial charge in [-0.25, -0.2) is 10.2 Å². The second kappa shape index (κ2) is 13.5. The summed E-state index contributed by atoms with van der Waals surface area (Å²) in [6.45, 7) is 6.07. The Morgan fingerprint density at radius 3 is 2.81 bits per heavy atom. The third-order valence-electron chi connectivity index (χ3n) is 9.26. The van der Waals surface area contributed by atoms with Crippen LogP contribution in [0, 0.1) is 17.2 Å². The molecule has 1 aliphatic heterocycles. The van der Waals surface area contributed by atoms with E-state index in [0.717, 1.165) is 42.2 Å². The first-order chi connectivity index (χ1) is 23.0. The molecule has 10 nitrogen and oxygen atoms in total. The molecule has 0 amide bonds. The molecule has 11 heteroatoms. The van der Waals surface area contributed by atoms with Crippen LogP contribution in [-0.2, 0) is 17.8 Å². The molecule has 5 aromatic rings. The molecule has 2 atom stereocenters. The molecular weight excluding hydrogens is 609 g/mol. The summed E-state index contributed by atoms with van der Waals surface area (Å²) in [5.74, 6) is 5.14. The van der Waals surface area contributed by atoms with Crippen molar-refractivity contribution >= 4 is 16.9 Å². The molecular formula is C37H42FN7O3. The fraction of sp³-hybridized carbons (Fsp3) is 0.324. The lowest BCUT2D eigenvalue weighted by Gasteiger charge is -2.28. The number of fused-ring (bicyclic) bond motifs is 8. The van der Waals surface area contributed by atoms with Crippen LogP contribution in [0.5, 0.6) is 11.5 Å². The summed E-state index contributed by atoms with van der Waals surface area (Å²) in [5.41, 5.74) is 11.4. The SMILES string of the molecule is CC(Cc1cccc(C2CCCCC(C)(C)/C(N)=C/N(N)Cc3c(c(F)cc4[nH]ccc34)Oc3ccnc(c3)-c3ccn2n3)c1)C(=O)O. The monoisotopic (exact) mass is 651 g/mol. The maximum Gasteiger partial charge on any atom is 0.306 e. The molecule has 2 unspecified atom stereocenters. The third-order valence-corrected chi connectivity index (χ3v) is 9.26. The van der Waals surface area contributed by atoms with Crippen LogP contribution in [0.3, 0.4) is 0 Å². The predicted octanol–water partition coefficient (Wildman–Crippen LogP) is 7.29. The first kappa shape index (κ1) is 32.8. The second-order valence-corrected chi connectivity index (χ2v) is 13.4. The molecule has 250 valence electrons. The van der Waals surface area contributed by atoms with Crippen molar-refractivity contribution in [3.63, 3.8) is 0 Å². The van der Waals surface area contributed by atoms with E-state index in [4.69, 9.17) is 21.4 Å². The van der Waals surface area contributed by atoms with E-state index in [0.29, 0.717) is 40.3 Å². The van der Waals surface area contributed by atoms with Crippen LogP contribution in [0.15, 0.2) is 85.1 Å². The van der Waals surface area contributed by atoms with E-state index in [-0.39, 0.29) is 23.8 Å². The number of rotatable bonds is 4. The molecule has 6 rings (SSSR count). The number of hydrogen-bond acceptors (Lipinski definition) is 7. The van der Waals surface area contributed by atoms with Gasteiger partial charge in [-0.2, -0.15) is 5.10 Å². The molecule has 0 aliphatic carbocycles. The number of hydrogen-bond donors (Lipinski definition) is 4. The highest BCUT2D eigenvalue weighted by Crippen LogP contribution is 2.37. The number of aromatic amines is 1. The number of allylic oxidation sites excluding steroid dienone is 1. The van der Waals surface area contributed by atoms with E-state index in [1.54, 1.807) is 37.7 Å². The molecule has 0 saturated heterocycles. The first-order valence-corrected chi connectivity index (χ1v) is 16.3. The molecule has 6 N–H and O–H groups in total. The van der Waals surface area contributed by atoms with Crippen molar-refractivity contribution < 1.29 is 19.0 Å². The van der Waals surface area contributed by atoms with Crippen LogP contribution in [0.1, 0.15) is 69.2 Å². The Hall–Kier alpha value is -5.16. The number of ether oxygens (including phenoxy) is 1. The number of halogens is 1. The Balaban J connectivity index is 1.41. The summed E-state index contributed by atoms with van der Waals surface area (Å²) in [6.07, 6.45) is 10.9. The molecule has 48 heavy (non-hydrogen) atoms. The van der Waals surface area contributed by atoms with Gasteiger partial charge in [0.15, 0.2) is 11.6 Å². The minimum atomic E-state index is -0.819. The number of carboxylic acid groups (broad SMARTS) is 1. The van der Waals surface area contributed by atoms with Crippen LogP contribution in [0.25, 0.3) is 22.3 Å². The van der Waals surface area contributed by atoms with Gasteiger partial charge in [-0.05, 0) is 48.6 Å². The first-order valence-electron chi connectivity index (χ1n) is 16.3. The number of aliphatic carboxylic acids is 1. The number of benzene rings is 2. The van der Waals surface area contributed by atoms with Gasteiger partial charge < -0.3 is 25.6 Å². The number of carboxylic acids is 1. The van der Waals surface area contributed by atoms with Gasteiger partial charge in [0.1, 0.15) is 11.4 Å². The van der Waals surface area contributed by atoms with Crippen LogP contribution in [-0.4, -0.2) is 35.8 Å². The summed E-state index contributed by atoms with van der Waals surface area (Å²) in [4.78, 5) is 19.2. The normalized spacial score (nSPS) is 18.8. The molecule has 0 radical (unpaired) electrons. The highest BCUT2D eigenvalue weighted by molar-refractivity contribution is 5.85. The summed E-state index contributed by atoms with van der Waals surface area (Å²) in [7, 11) is 0. The van der Waals surface area contributed by atoms with Gasteiger partial charge in [-0.3, -0.25) is 14.5 Å². The van der Waals surface area contributed by atoms with E-state index in [9.17, 15) is 9.90 Å². The minimum absolute atomic E-state index is 0.0709. The lowest BCUT2D eigenvalue weighted by molar-refractivity contribution is -0.141. The summed E-state index contributed by atoms with van der Waals surface area (Å²) in [5, 5.41) is 16.7. The number of hydrazine groups is 1. The smallest absolute Gasteiger partial charge is 0.306 e. The van der Waals surface area contributed by atoms with Crippen molar-refractivity contribution in [1.82, 2.24) is 24.8 Å². The quantitative estimate of drug-likeness (QED) is 0.148. The summed E-state index contributed by atoms with van der Waals surface area (Å²) >= 11 is 0.